The topological polar surface area (TPSA) is 52.4 Å². The fourth-order valence-corrected chi connectivity index (χ4v) is 2.03. The highest BCUT2D eigenvalue weighted by molar-refractivity contribution is 9.10. The lowest BCUT2D eigenvalue weighted by Gasteiger charge is -2.07. The van der Waals surface area contributed by atoms with Crippen molar-refractivity contribution in [1.29, 1.82) is 0 Å². The molecule has 98 valence electrons. The summed E-state index contributed by atoms with van der Waals surface area (Å²) in [5, 5.41) is 11.0. The van der Waals surface area contributed by atoms with Crippen molar-refractivity contribution in [2.24, 2.45) is 0 Å². The molecule has 0 bridgehead atoms. The number of rotatable bonds is 4. The first kappa shape index (κ1) is 13.8. The molecule has 0 spiro atoms. The van der Waals surface area contributed by atoms with Crippen molar-refractivity contribution in [3.63, 3.8) is 0 Å². The van der Waals surface area contributed by atoms with Gasteiger partial charge in [0.15, 0.2) is 5.75 Å². The van der Waals surface area contributed by atoms with Gasteiger partial charge in [-0.2, -0.15) is 0 Å². The highest BCUT2D eigenvalue weighted by atomic mass is 79.9. The Balaban J connectivity index is 2.18. The van der Waals surface area contributed by atoms with E-state index in [-0.39, 0.29) is 23.1 Å². The number of ether oxygens (including phenoxy) is 1. The summed E-state index contributed by atoms with van der Waals surface area (Å²) >= 11 is 9.13. The van der Waals surface area contributed by atoms with Gasteiger partial charge >= 0.3 is 5.69 Å². The van der Waals surface area contributed by atoms with Crippen molar-refractivity contribution in [3.05, 3.63) is 67.6 Å². The molecule has 2 aromatic rings. The Morgan fingerprint density at radius 2 is 1.89 bits per heavy atom. The van der Waals surface area contributed by atoms with Gasteiger partial charge in [-0.05, 0) is 29.8 Å². The summed E-state index contributed by atoms with van der Waals surface area (Å²) < 4.78 is 6.43. The lowest BCUT2D eigenvalue weighted by Crippen LogP contribution is -1.99. The second-order valence-electron chi connectivity index (χ2n) is 3.76. The smallest absolute Gasteiger partial charge is 0.329 e. The van der Waals surface area contributed by atoms with Crippen molar-refractivity contribution in [3.8, 4) is 5.75 Å². The summed E-state index contributed by atoms with van der Waals surface area (Å²) in [6, 6.07) is 12.1. The van der Waals surface area contributed by atoms with Crippen LogP contribution >= 0.6 is 27.5 Å². The maximum atomic E-state index is 10.9. The largest absolute Gasteiger partial charge is 0.482 e. The number of benzene rings is 2. The lowest BCUT2D eigenvalue weighted by molar-refractivity contribution is -0.385. The number of nitro benzene ring substituents is 1. The van der Waals surface area contributed by atoms with E-state index >= 15 is 0 Å². The van der Waals surface area contributed by atoms with E-state index in [2.05, 4.69) is 15.9 Å². The summed E-state index contributed by atoms with van der Waals surface area (Å²) in [6.45, 7) is 0.245. The normalized spacial score (nSPS) is 10.2. The van der Waals surface area contributed by atoms with E-state index < -0.39 is 4.92 Å². The predicted molar refractivity (Wildman–Crippen MR) is 76.6 cm³/mol. The molecule has 0 saturated carbocycles. The molecule has 0 unspecified atom stereocenters. The van der Waals surface area contributed by atoms with Crippen LogP contribution in [0.1, 0.15) is 5.56 Å². The second kappa shape index (κ2) is 6.04. The molecule has 0 radical (unpaired) electrons. The molecule has 0 N–H and O–H groups in total. The Bertz CT molecular complexity index is 601. The van der Waals surface area contributed by atoms with E-state index in [1.807, 2.05) is 24.3 Å². The van der Waals surface area contributed by atoms with Crippen molar-refractivity contribution < 1.29 is 9.66 Å². The molecular formula is C13H9BrClNO3. The first-order valence-corrected chi connectivity index (χ1v) is 6.55. The van der Waals surface area contributed by atoms with Gasteiger partial charge in [0, 0.05) is 4.47 Å². The first-order chi connectivity index (χ1) is 9.08. The fraction of sp³-hybridized carbons (Fsp3) is 0.0769. The third-order valence-corrected chi connectivity index (χ3v) is 3.27. The number of para-hydroxylation sites is 1. The molecule has 0 aromatic heterocycles. The quantitative estimate of drug-likeness (QED) is 0.603. The van der Waals surface area contributed by atoms with Gasteiger partial charge in [0.25, 0.3) is 0 Å². The van der Waals surface area contributed by atoms with Gasteiger partial charge in [-0.15, -0.1) is 0 Å². The van der Waals surface area contributed by atoms with Crippen molar-refractivity contribution in [2.75, 3.05) is 0 Å². The third-order valence-electron chi connectivity index (χ3n) is 2.44. The summed E-state index contributed by atoms with van der Waals surface area (Å²) in [6.07, 6.45) is 0. The number of halogens is 2. The average molecular weight is 343 g/mol. The van der Waals surface area contributed by atoms with Gasteiger partial charge in [-0.25, -0.2) is 0 Å². The molecule has 2 rings (SSSR count). The lowest BCUT2D eigenvalue weighted by atomic mass is 10.2. The Kier molecular flexibility index (Phi) is 4.39. The average Bonchev–Trinajstić information content (AvgIpc) is 2.37. The van der Waals surface area contributed by atoms with Gasteiger partial charge in [-0.1, -0.05) is 45.7 Å². The summed E-state index contributed by atoms with van der Waals surface area (Å²) in [5.41, 5.74) is 0.707. The highest BCUT2D eigenvalue weighted by Gasteiger charge is 2.19. The van der Waals surface area contributed by atoms with Gasteiger partial charge in [-0.3, -0.25) is 10.1 Å². The molecule has 0 aliphatic rings. The predicted octanol–water partition coefficient (Wildman–Crippen LogP) is 4.59. The van der Waals surface area contributed by atoms with Crippen LogP contribution in [0.4, 0.5) is 5.69 Å². The summed E-state index contributed by atoms with van der Waals surface area (Å²) in [4.78, 5) is 10.4. The zero-order chi connectivity index (χ0) is 13.8. The van der Waals surface area contributed by atoms with Crippen LogP contribution in [-0.2, 0) is 6.61 Å². The first-order valence-electron chi connectivity index (χ1n) is 5.38. The van der Waals surface area contributed by atoms with Gasteiger partial charge < -0.3 is 4.74 Å². The second-order valence-corrected chi connectivity index (χ2v) is 5.08. The van der Waals surface area contributed by atoms with E-state index in [1.54, 1.807) is 6.07 Å². The zero-order valence-corrected chi connectivity index (χ0v) is 12.0. The number of nitrogens with zero attached hydrogens (tertiary/aromatic N) is 1. The van der Waals surface area contributed by atoms with Crippen molar-refractivity contribution >= 4 is 33.2 Å². The van der Waals surface area contributed by atoms with Crippen LogP contribution in [0.25, 0.3) is 0 Å². The minimum atomic E-state index is -0.542. The van der Waals surface area contributed by atoms with E-state index in [0.29, 0.717) is 0 Å². The molecular weight excluding hydrogens is 334 g/mol. The summed E-state index contributed by atoms with van der Waals surface area (Å²) in [5.74, 6) is 0.167. The summed E-state index contributed by atoms with van der Waals surface area (Å²) in [7, 11) is 0. The molecule has 6 heteroatoms. The molecule has 0 amide bonds. The minimum Gasteiger partial charge on any atom is -0.482 e. The molecule has 0 fully saturated rings. The Hall–Kier alpha value is -1.59. The minimum absolute atomic E-state index is 0.0679. The maximum absolute atomic E-state index is 10.9. The standard InChI is InChI=1S/C13H9BrClNO3/c14-10-6-4-9(5-7-10)8-19-12-3-1-2-11(15)13(12)16(17)18/h1-7H,8H2. The Labute approximate surface area is 123 Å². The Morgan fingerprint density at radius 1 is 1.21 bits per heavy atom. The SMILES string of the molecule is O=[N+]([O-])c1c(Cl)cccc1OCc1ccc(Br)cc1. The van der Waals surface area contributed by atoms with Gasteiger partial charge in [0.1, 0.15) is 11.6 Å². The number of hydrogen-bond acceptors (Lipinski definition) is 3. The van der Waals surface area contributed by atoms with E-state index in [0.717, 1.165) is 10.0 Å². The molecule has 2 aromatic carbocycles. The molecule has 0 aliphatic heterocycles. The molecule has 0 heterocycles. The molecule has 0 atom stereocenters. The van der Waals surface area contributed by atoms with Crippen LogP contribution in [0, 0.1) is 10.1 Å². The van der Waals surface area contributed by atoms with E-state index in [9.17, 15) is 10.1 Å². The van der Waals surface area contributed by atoms with Crippen LogP contribution in [-0.4, -0.2) is 4.92 Å². The molecule has 0 aliphatic carbocycles. The molecule has 0 saturated heterocycles. The number of nitro groups is 1. The van der Waals surface area contributed by atoms with Crippen molar-refractivity contribution in [2.45, 2.75) is 6.61 Å². The van der Waals surface area contributed by atoms with Crippen LogP contribution in [0.15, 0.2) is 46.9 Å². The van der Waals surface area contributed by atoms with Crippen LogP contribution in [0.2, 0.25) is 5.02 Å². The zero-order valence-electron chi connectivity index (χ0n) is 9.68. The van der Waals surface area contributed by atoms with Crippen molar-refractivity contribution in [1.82, 2.24) is 0 Å². The van der Waals surface area contributed by atoms with Crippen LogP contribution in [0.5, 0.6) is 5.75 Å². The number of hydrogen-bond donors (Lipinski definition) is 0. The van der Waals surface area contributed by atoms with Crippen LogP contribution in [0.3, 0.4) is 0 Å². The van der Waals surface area contributed by atoms with E-state index in [1.165, 1.54) is 12.1 Å². The monoisotopic (exact) mass is 341 g/mol. The fourth-order valence-electron chi connectivity index (χ4n) is 1.53. The molecule has 19 heavy (non-hydrogen) atoms. The highest BCUT2D eigenvalue weighted by Crippen LogP contribution is 2.34. The van der Waals surface area contributed by atoms with E-state index in [4.69, 9.17) is 16.3 Å². The van der Waals surface area contributed by atoms with Gasteiger partial charge in [0.2, 0.25) is 0 Å². The van der Waals surface area contributed by atoms with Gasteiger partial charge in [0.05, 0.1) is 4.92 Å². The Morgan fingerprint density at radius 3 is 2.53 bits per heavy atom. The third kappa shape index (κ3) is 3.45. The van der Waals surface area contributed by atoms with Crippen LogP contribution < -0.4 is 4.74 Å². The molecule has 4 nitrogen and oxygen atoms in total. The maximum Gasteiger partial charge on any atom is 0.329 e.